The molecule has 8 nitrogen and oxygen atoms in total. The van der Waals surface area contributed by atoms with Gasteiger partial charge in [-0.25, -0.2) is 29.9 Å². The van der Waals surface area contributed by atoms with Crippen LogP contribution in [0.4, 0.5) is 0 Å². The molecule has 326 valence electrons. The quantitative estimate of drug-likeness (QED) is 0.133. The summed E-state index contributed by atoms with van der Waals surface area (Å²) >= 11 is 0. The Bertz CT molecular complexity index is 3730. The van der Waals surface area contributed by atoms with Gasteiger partial charge in [-0.1, -0.05) is 200 Å². The molecule has 0 aliphatic carbocycles. The van der Waals surface area contributed by atoms with Crippen LogP contribution in [0.3, 0.4) is 0 Å². The van der Waals surface area contributed by atoms with Crippen molar-refractivity contribution in [3.05, 3.63) is 242 Å². The molecule has 70 heavy (non-hydrogen) atoms. The Morgan fingerprint density at radius 2 is 0.543 bits per heavy atom. The fourth-order valence-electron chi connectivity index (χ4n) is 8.68. The first-order valence-electron chi connectivity index (χ1n) is 22.7. The van der Waals surface area contributed by atoms with Gasteiger partial charge in [0.1, 0.15) is 0 Å². The van der Waals surface area contributed by atoms with Gasteiger partial charge in [0, 0.05) is 33.4 Å². The third kappa shape index (κ3) is 8.71. The van der Waals surface area contributed by atoms with Gasteiger partial charge in [-0.2, -0.15) is 10.5 Å². The van der Waals surface area contributed by atoms with Crippen LogP contribution in [-0.2, 0) is 0 Å². The fraction of sp³-hybridized carbons (Fsp3) is 0. The summed E-state index contributed by atoms with van der Waals surface area (Å²) < 4.78 is 0. The van der Waals surface area contributed by atoms with E-state index in [9.17, 15) is 10.5 Å². The summed E-state index contributed by atoms with van der Waals surface area (Å²) in [5, 5.41) is 19.7. The van der Waals surface area contributed by atoms with Crippen molar-refractivity contribution in [2.24, 2.45) is 0 Å². The molecule has 0 radical (unpaired) electrons. The molecule has 2 heterocycles. The van der Waals surface area contributed by atoms with E-state index in [-0.39, 0.29) is 0 Å². The highest BCUT2D eigenvalue weighted by Crippen LogP contribution is 2.42. The minimum atomic E-state index is 0.511. The number of aromatic nitrogens is 6. The standard InChI is InChI=1S/C62H38N8/c63-39-41-16-12-24-48(36-41)52-28-10-11-29-55(52)62-69-59(46-22-8-3-9-23-46)68-61(70-62)51-27-14-26-50(38-51)54-31-15-30-53(49-25-13-17-42(37-49)40-64)56(54)43-32-34-47(35-33-43)60-66-57(44-18-4-1-5-19-44)65-58(67-60)45-20-6-2-7-21-45/h1-38H. The maximum Gasteiger partial charge on any atom is 0.164 e. The highest BCUT2D eigenvalue weighted by molar-refractivity contribution is 5.96. The molecule has 0 atom stereocenters. The molecule has 0 saturated carbocycles. The van der Waals surface area contributed by atoms with E-state index in [1.165, 1.54) is 0 Å². The molecule has 2 aromatic heterocycles. The first kappa shape index (κ1) is 42.6. The van der Waals surface area contributed by atoms with Gasteiger partial charge in [-0.05, 0) is 74.8 Å². The normalized spacial score (nSPS) is 10.8. The van der Waals surface area contributed by atoms with Crippen molar-refractivity contribution in [2.75, 3.05) is 0 Å². The number of nitriles is 2. The second kappa shape index (κ2) is 19.1. The number of hydrogen-bond donors (Lipinski definition) is 0. The van der Waals surface area contributed by atoms with Crippen LogP contribution in [0.2, 0.25) is 0 Å². The lowest BCUT2D eigenvalue weighted by atomic mass is 9.86. The second-order valence-corrected chi connectivity index (χ2v) is 16.5. The second-order valence-electron chi connectivity index (χ2n) is 16.5. The maximum atomic E-state index is 9.97. The zero-order valence-corrected chi connectivity index (χ0v) is 37.5. The summed E-state index contributed by atoms with van der Waals surface area (Å²) in [7, 11) is 0. The third-order valence-electron chi connectivity index (χ3n) is 12.1. The van der Waals surface area contributed by atoms with Gasteiger partial charge in [-0.3, -0.25) is 0 Å². The summed E-state index contributed by atoms with van der Waals surface area (Å²) in [5.41, 5.74) is 13.8. The number of hydrogen-bond acceptors (Lipinski definition) is 8. The monoisotopic (exact) mass is 894 g/mol. The molecule has 0 fully saturated rings. The predicted octanol–water partition coefficient (Wildman–Crippen LogP) is 14.5. The van der Waals surface area contributed by atoms with E-state index >= 15 is 0 Å². The van der Waals surface area contributed by atoms with Crippen molar-refractivity contribution in [3.63, 3.8) is 0 Å². The van der Waals surface area contributed by atoms with Gasteiger partial charge in [-0.15, -0.1) is 0 Å². The lowest BCUT2D eigenvalue weighted by Gasteiger charge is -2.18. The molecule has 0 aliphatic rings. The van der Waals surface area contributed by atoms with Crippen LogP contribution in [0, 0.1) is 22.7 Å². The van der Waals surface area contributed by atoms with E-state index < -0.39 is 0 Å². The van der Waals surface area contributed by atoms with Gasteiger partial charge in [0.2, 0.25) is 0 Å². The maximum absolute atomic E-state index is 9.97. The van der Waals surface area contributed by atoms with E-state index in [1.807, 2.05) is 170 Å². The summed E-state index contributed by atoms with van der Waals surface area (Å²) in [4.78, 5) is 30.2. The van der Waals surface area contributed by atoms with E-state index in [4.69, 9.17) is 29.9 Å². The Morgan fingerprint density at radius 1 is 0.229 bits per heavy atom. The van der Waals surface area contributed by atoms with Crippen LogP contribution < -0.4 is 0 Å². The first-order valence-corrected chi connectivity index (χ1v) is 22.7. The van der Waals surface area contributed by atoms with Gasteiger partial charge in [0.15, 0.2) is 34.9 Å². The molecule has 0 unspecified atom stereocenters. The molecule has 0 N–H and O–H groups in total. The topological polar surface area (TPSA) is 125 Å². The molecule has 8 heteroatoms. The Kier molecular flexibility index (Phi) is 11.6. The van der Waals surface area contributed by atoms with Gasteiger partial charge < -0.3 is 0 Å². The smallest absolute Gasteiger partial charge is 0.164 e. The molecular weight excluding hydrogens is 857 g/mol. The minimum Gasteiger partial charge on any atom is -0.208 e. The molecule has 9 aromatic carbocycles. The fourth-order valence-corrected chi connectivity index (χ4v) is 8.68. The van der Waals surface area contributed by atoms with Crippen LogP contribution in [0.25, 0.3) is 113 Å². The highest BCUT2D eigenvalue weighted by Gasteiger charge is 2.20. The molecule has 11 rings (SSSR count). The minimum absolute atomic E-state index is 0.511. The van der Waals surface area contributed by atoms with Crippen molar-refractivity contribution in [2.45, 2.75) is 0 Å². The first-order chi connectivity index (χ1) is 34.6. The molecule has 0 amide bonds. The molecular formula is C62H38N8. The summed E-state index contributed by atoms with van der Waals surface area (Å²) in [5.74, 6) is 3.31. The zero-order chi connectivity index (χ0) is 47.2. The van der Waals surface area contributed by atoms with E-state index in [1.54, 1.807) is 6.07 Å². The van der Waals surface area contributed by atoms with Crippen LogP contribution in [0.15, 0.2) is 231 Å². The lowest BCUT2D eigenvalue weighted by Crippen LogP contribution is -2.01. The highest BCUT2D eigenvalue weighted by atomic mass is 15.0. The Balaban J connectivity index is 1.05. The van der Waals surface area contributed by atoms with Gasteiger partial charge in [0.25, 0.3) is 0 Å². The van der Waals surface area contributed by atoms with Crippen LogP contribution in [0.1, 0.15) is 11.1 Å². The Hall–Kier alpha value is -10.0. The largest absolute Gasteiger partial charge is 0.208 e. The van der Waals surface area contributed by atoms with Crippen molar-refractivity contribution < 1.29 is 0 Å². The molecule has 11 aromatic rings. The molecule has 0 saturated heterocycles. The summed E-state index contributed by atoms with van der Waals surface area (Å²) in [6, 6.07) is 80.6. The van der Waals surface area contributed by atoms with E-state index in [0.717, 1.165) is 77.9 Å². The summed E-state index contributed by atoms with van der Waals surface area (Å²) in [6.07, 6.45) is 0. The molecule has 0 aliphatic heterocycles. The van der Waals surface area contributed by atoms with E-state index in [2.05, 4.69) is 66.7 Å². The molecule has 0 spiro atoms. The van der Waals surface area contributed by atoms with Gasteiger partial charge >= 0.3 is 0 Å². The van der Waals surface area contributed by atoms with Crippen molar-refractivity contribution in [1.82, 2.24) is 29.9 Å². The number of nitrogens with zero attached hydrogens (tertiary/aromatic N) is 8. The van der Waals surface area contributed by atoms with Crippen LogP contribution in [-0.4, -0.2) is 29.9 Å². The SMILES string of the molecule is N#Cc1cccc(-c2ccccc2-c2nc(-c3ccccc3)nc(-c3cccc(-c4cccc(-c5cccc(C#N)c5)c4-c4ccc(-c5nc(-c6ccccc6)nc(-c6ccccc6)n5)cc4)c3)n2)c1. The number of benzene rings is 9. The summed E-state index contributed by atoms with van der Waals surface area (Å²) in [6.45, 7) is 0. The Labute approximate surface area is 405 Å². The predicted molar refractivity (Wildman–Crippen MR) is 277 cm³/mol. The average Bonchev–Trinajstić information content (AvgIpc) is 3.45. The Morgan fingerprint density at radius 3 is 1.03 bits per heavy atom. The zero-order valence-electron chi connectivity index (χ0n) is 37.5. The van der Waals surface area contributed by atoms with Gasteiger partial charge in [0.05, 0.1) is 23.3 Å². The van der Waals surface area contributed by atoms with Crippen molar-refractivity contribution in [3.8, 4) is 125 Å². The average molecular weight is 895 g/mol. The van der Waals surface area contributed by atoms with Crippen molar-refractivity contribution >= 4 is 0 Å². The number of rotatable bonds is 10. The van der Waals surface area contributed by atoms with Crippen LogP contribution >= 0.6 is 0 Å². The lowest BCUT2D eigenvalue weighted by molar-refractivity contribution is 1.07. The van der Waals surface area contributed by atoms with Crippen LogP contribution in [0.5, 0.6) is 0 Å². The third-order valence-corrected chi connectivity index (χ3v) is 12.1. The molecule has 0 bridgehead atoms. The van der Waals surface area contributed by atoms with Crippen molar-refractivity contribution in [1.29, 1.82) is 10.5 Å². The van der Waals surface area contributed by atoms with E-state index in [0.29, 0.717) is 46.1 Å².